The van der Waals surface area contributed by atoms with Gasteiger partial charge in [-0.1, -0.05) is 11.6 Å². The first-order valence-electron chi connectivity index (χ1n) is 4.40. The molecule has 0 atom stereocenters. The van der Waals surface area contributed by atoms with Crippen LogP contribution in [0, 0.1) is 6.92 Å². The van der Waals surface area contributed by atoms with E-state index in [1.54, 1.807) is 0 Å². The first kappa shape index (κ1) is 8.90. The van der Waals surface area contributed by atoms with E-state index in [2.05, 4.69) is 9.97 Å². The molecule has 4 nitrogen and oxygen atoms in total. The van der Waals surface area contributed by atoms with E-state index >= 15 is 0 Å². The number of nitrogens with two attached hydrogens (primary N) is 1. The van der Waals surface area contributed by atoms with Gasteiger partial charge in [0.2, 0.25) is 0 Å². The highest BCUT2D eigenvalue weighted by Crippen LogP contribution is 2.14. The van der Waals surface area contributed by atoms with Crippen LogP contribution in [0.5, 0.6) is 0 Å². The molecule has 0 saturated carbocycles. The number of nitrogens with one attached hydrogen (secondary N) is 1. The fourth-order valence-corrected chi connectivity index (χ4v) is 1.48. The van der Waals surface area contributed by atoms with Crippen molar-refractivity contribution in [1.82, 2.24) is 9.97 Å². The van der Waals surface area contributed by atoms with Crippen molar-refractivity contribution < 1.29 is 0 Å². The summed E-state index contributed by atoms with van der Waals surface area (Å²) >= 11 is 0. The van der Waals surface area contributed by atoms with Gasteiger partial charge in [0.15, 0.2) is 0 Å². The molecular formula is C10H11N3O. The lowest BCUT2D eigenvalue weighted by atomic mass is 10.1. The van der Waals surface area contributed by atoms with Crippen molar-refractivity contribution in [3.05, 3.63) is 39.9 Å². The number of hydrogen-bond acceptors (Lipinski definition) is 3. The molecule has 0 aliphatic carbocycles. The molecule has 1 aromatic heterocycles. The first-order chi connectivity index (χ1) is 6.70. The second-order valence-corrected chi connectivity index (χ2v) is 3.25. The van der Waals surface area contributed by atoms with Gasteiger partial charge in [-0.05, 0) is 19.1 Å². The summed E-state index contributed by atoms with van der Waals surface area (Å²) in [5, 5.41) is 0.923. The van der Waals surface area contributed by atoms with Gasteiger partial charge in [-0.25, -0.2) is 4.79 Å². The van der Waals surface area contributed by atoms with Crippen molar-refractivity contribution in [1.29, 1.82) is 0 Å². The average Bonchev–Trinajstić information content (AvgIpc) is 2.17. The largest absolute Gasteiger partial charge is 0.345 e. The van der Waals surface area contributed by atoms with Gasteiger partial charge in [0.1, 0.15) is 0 Å². The molecule has 72 valence electrons. The van der Waals surface area contributed by atoms with E-state index in [1.807, 2.05) is 25.1 Å². The Labute approximate surface area is 80.8 Å². The minimum atomic E-state index is -0.346. The Morgan fingerprint density at radius 1 is 1.50 bits per heavy atom. The Balaban J connectivity index is 2.88. The summed E-state index contributed by atoms with van der Waals surface area (Å²) in [5.41, 5.74) is 7.75. The second-order valence-electron chi connectivity index (χ2n) is 3.25. The Kier molecular flexibility index (Phi) is 2.05. The third kappa shape index (κ3) is 1.40. The molecule has 4 heteroatoms. The average molecular weight is 189 g/mol. The Morgan fingerprint density at radius 3 is 3.00 bits per heavy atom. The molecule has 1 aromatic carbocycles. The number of hydrogen-bond donors (Lipinski definition) is 2. The smallest absolute Gasteiger partial charge is 0.325 e. The summed E-state index contributed by atoms with van der Waals surface area (Å²) in [7, 11) is 0. The van der Waals surface area contributed by atoms with Crippen molar-refractivity contribution in [2.24, 2.45) is 5.73 Å². The zero-order valence-corrected chi connectivity index (χ0v) is 7.87. The van der Waals surface area contributed by atoms with Crippen LogP contribution < -0.4 is 11.4 Å². The number of aromatic amines is 1. The van der Waals surface area contributed by atoms with Crippen LogP contribution in [0.4, 0.5) is 0 Å². The number of benzene rings is 1. The summed E-state index contributed by atoms with van der Waals surface area (Å²) in [6.45, 7) is 2.31. The SMILES string of the molecule is Cc1ccc2nc(=O)[nH]c(CN)c2c1. The highest BCUT2D eigenvalue weighted by molar-refractivity contribution is 5.81. The molecule has 0 saturated heterocycles. The molecule has 1 heterocycles. The van der Waals surface area contributed by atoms with E-state index in [0.717, 1.165) is 16.6 Å². The van der Waals surface area contributed by atoms with Crippen LogP contribution in [0.2, 0.25) is 0 Å². The van der Waals surface area contributed by atoms with Gasteiger partial charge in [-0.15, -0.1) is 0 Å². The molecule has 0 radical (unpaired) electrons. The molecule has 0 spiro atoms. The third-order valence-corrected chi connectivity index (χ3v) is 2.16. The lowest BCUT2D eigenvalue weighted by Crippen LogP contribution is -2.15. The molecule has 14 heavy (non-hydrogen) atoms. The van der Waals surface area contributed by atoms with Gasteiger partial charge < -0.3 is 10.7 Å². The van der Waals surface area contributed by atoms with Gasteiger partial charge in [0.05, 0.1) is 5.52 Å². The Bertz CT molecular complexity index is 530. The summed E-state index contributed by atoms with van der Waals surface area (Å²) in [6, 6.07) is 5.73. The van der Waals surface area contributed by atoms with Crippen molar-refractivity contribution in [3.8, 4) is 0 Å². The van der Waals surface area contributed by atoms with Gasteiger partial charge in [0, 0.05) is 17.6 Å². The maximum atomic E-state index is 11.1. The van der Waals surface area contributed by atoms with Gasteiger partial charge >= 0.3 is 5.69 Å². The van der Waals surface area contributed by atoms with Crippen molar-refractivity contribution >= 4 is 10.9 Å². The van der Waals surface area contributed by atoms with Crippen molar-refractivity contribution in [3.63, 3.8) is 0 Å². The monoisotopic (exact) mass is 189 g/mol. The van der Waals surface area contributed by atoms with Crippen LogP contribution in [0.25, 0.3) is 10.9 Å². The first-order valence-corrected chi connectivity index (χ1v) is 4.40. The number of fused-ring (bicyclic) bond motifs is 1. The predicted molar refractivity (Wildman–Crippen MR) is 55.0 cm³/mol. The highest BCUT2D eigenvalue weighted by Gasteiger charge is 2.02. The third-order valence-electron chi connectivity index (χ3n) is 2.16. The number of nitrogens with zero attached hydrogens (tertiary/aromatic N) is 1. The van der Waals surface area contributed by atoms with Crippen LogP contribution >= 0.6 is 0 Å². The highest BCUT2D eigenvalue weighted by atomic mass is 16.1. The molecular weight excluding hydrogens is 178 g/mol. The van der Waals surface area contributed by atoms with Gasteiger partial charge in [-0.2, -0.15) is 4.98 Å². The molecule has 0 aliphatic heterocycles. The minimum Gasteiger partial charge on any atom is -0.325 e. The zero-order chi connectivity index (χ0) is 10.1. The van der Waals surface area contributed by atoms with E-state index < -0.39 is 0 Å². The van der Waals surface area contributed by atoms with Crippen molar-refractivity contribution in [2.45, 2.75) is 13.5 Å². The van der Waals surface area contributed by atoms with E-state index in [1.165, 1.54) is 0 Å². The maximum Gasteiger partial charge on any atom is 0.345 e. The number of rotatable bonds is 1. The number of H-pyrrole nitrogens is 1. The van der Waals surface area contributed by atoms with Crippen molar-refractivity contribution in [2.75, 3.05) is 0 Å². The molecule has 2 aromatic rings. The topological polar surface area (TPSA) is 71.8 Å². The Morgan fingerprint density at radius 2 is 2.29 bits per heavy atom. The van der Waals surface area contributed by atoms with E-state index in [4.69, 9.17) is 5.73 Å². The molecule has 0 bridgehead atoms. The fourth-order valence-electron chi connectivity index (χ4n) is 1.48. The standard InChI is InChI=1S/C10H11N3O/c1-6-2-3-8-7(4-6)9(5-11)13-10(14)12-8/h2-4H,5,11H2,1H3,(H,12,13,14). The number of aromatic nitrogens is 2. The summed E-state index contributed by atoms with van der Waals surface area (Å²) in [5.74, 6) is 0. The normalized spacial score (nSPS) is 10.7. The van der Waals surface area contributed by atoms with E-state index in [0.29, 0.717) is 12.1 Å². The number of aryl methyl sites for hydroxylation is 1. The Hall–Kier alpha value is -1.68. The second kappa shape index (κ2) is 3.23. The molecule has 3 N–H and O–H groups in total. The quantitative estimate of drug-likeness (QED) is 0.693. The van der Waals surface area contributed by atoms with E-state index in [-0.39, 0.29) is 5.69 Å². The van der Waals surface area contributed by atoms with Crippen LogP contribution in [-0.2, 0) is 6.54 Å². The summed E-state index contributed by atoms with van der Waals surface area (Å²) in [4.78, 5) is 17.6. The lowest BCUT2D eigenvalue weighted by molar-refractivity contribution is 0.959. The zero-order valence-electron chi connectivity index (χ0n) is 7.87. The predicted octanol–water partition coefficient (Wildman–Crippen LogP) is 0.690. The molecule has 0 aliphatic rings. The molecule has 2 rings (SSSR count). The maximum absolute atomic E-state index is 11.1. The van der Waals surface area contributed by atoms with Gasteiger partial charge in [0.25, 0.3) is 0 Å². The minimum absolute atomic E-state index is 0.317. The lowest BCUT2D eigenvalue weighted by Gasteiger charge is -2.03. The van der Waals surface area contributed by atoms with Crippen LogP contribution in [0.3, 0.4) is 0 Å². The van der Waals surface area contributed by atoms with E-state index in [9.17, 15) is 4.79 Å². The van der Waals surface area contributed by atoms with Gasteiger partial charge in [-0.3, -0.25) is 0 Å². The molecule has 0 amide bonds. The van der Waals surface area contributed by atoms with Crippen LogP contribution in [0.15, 0.2) is 23.0 Å². The molecule has 0 unspecified atom stereocenters. The van der Waals surface area contributed by atoms with Crippen LogP contribution in [-0.4, -0.2) is 9.97 Å². The fraction of sp³-hybridized carbons (Fsp3) is 0.200. The summed E-state index contributed by atoms with van der Waals surface area (Å²) in [6.07, 6.45) is 0. The summed E-state index contributed by atoms with van der Waals surface area (Å²) < 4.78 is 0. The molecule has 0 fully saturated rings. The van der Waals surface area contributed by atoms with Crippen LogP contribution in [0.1, 0.15) is 11.3 Å².